The van der Waals surface area contributed by atoms with Crippen LogP contribution in [0.15, 0.2) is 0 Å². The van der Waals surface area contributed by atoms with Crippen molar-refractivity contribution in [2.24, 2.45) is 47.3 Å². The van der Waals surface area contributed by atoms with Crippen LogP contribution in [0.1, 0.15) is 89.9 Å². The molecule has 9 aliphatic rings. The number of hydrogen-bond acceptors (Lipinski definition) is 14. The molecular weight excluding hydrogens is 864 g/mol. The minimum absolute atomic E-state index is 0. The van der Waals surface area contributed by atoms with E-state index in [0.717, 1.165) is 44.9 Å². The third-order valence-corrected chi connectivity index (χ3v) is 17.4. The maximum atomic E-state index is 13.0. The molecule has 2 radical (unpaired) electrons. The molecule has 8 N–H and O–H groups in total. The SMILES string of the molecule is O=S(=O)([O-])C1CCC2C3NC4NC(NC5NC(NC6NC(NC(N3)C2C1S(=O)(=O)[O-])C1CCCCC61)C1CCCCC51)C1CCCCC41.[Pb+2]. The van der Waals surface area contributed by atoms with Gasteiger partial charge in [-0.2, -0.15) is 0 Å². The van der Waals surface area contributed by atoms with Crippen LogP contribution in [0.5, 0.6) is 0 Å². The molecule has 9 rings (SSSR count). The second-order valence-electron chi connectivity index (χ2n) is 16.8. The predicted molar refractivity (Wildman–Crippen MR) is 181 cm³/mol. The van der Waals surface area contributed by atoms with Crippen molar-refractivity contribution in [1.29, 1.82) is 0 Å². The van der Waals surface area contributed by atoms with Crippen LogP contribution in [0.25, 0.3) is 0 Å². The molecule has 0 aromatic rings. The molecular formula is C32H54N8O6PbS2. The largest absolute Gasteiger partial charge is 2.00 e. The molecule has 9 fully saturated rings. The summed E-state index contributed by atoms with van der Waals surface area (Å²) < 4.78 is 76.3. The van der Waals surface area contributed by atoms with Gasteiger partial charge in [-0.1, -0.05) is 38.5 Å². The van der Waals surface area contributed by atoms with E-state index in [1.54, 1.807) is 0 Å². The Labute approximate surface area is 311 Å². The van der Waals surface area contributed by atoms with Gasteiger partial charge >= 0.3 is 27.3 Å². The van der Waals surface area contributed by atoms with Crippen molar-refractivity contribution in [3.8, 4) is 0 Å². The molecule has 18 atom stereocenters. The van der Waals surface area contributed by atoms with E-state index in [4.69, 9.17) is 0 Å². The summed E-state index contributed by atoms with van der Waals surface area (Å²) in [7, 11) is -10.1. The van der Waals surface area contributed by atoms with Gasteiger partial charge in [-0.05, 0) is 92.8 Å². The predicted octanol–water partition coefficient (Wildman–Crippen LogP) is -0.728. The first kappa shape index (κ1) is 36.4. The molecule has 0 amide bonds. The molecule has 8 bridgehead atoms. The zero-order chi connectivity index (χ0) is 32.9. The standard InChI is InChI=1S/C32H56N8O6S2.Pb/c41-47(42,43)22-14-13-21-23(24(22)48(44,45)46)32-39-30-20-12-6-5-11-19(20)28(37-30)35-26-16-8-2-1-7-15(16)25(33-26)34-27-17-9-3-4-10-18(17)29(36-27)38-31(21)40-32;/h15-40H,1-14H2,(H,41,42,43)(H,44,45,46);/q;+2/p-2. The van der Waals surface area contributed by atoms with Crippen LogP contribution < -0.4 is 42.5 Å². The van der Waals surface area contributed by atoms with Crippen LogP contribution in [-0.2, 0) is 20.2 Å². The van der Waals surface area contributed by atoms with Gasteiger partial charge in [0.25, 0.3) is 0 Å². The Balaban J connectivity index is 0.00000348. The first-order valence-corrected chi connectivity index (χ1v) is 22.0. The van der Waals surface area contributed by atoms with Crippen LogP contribution >= 0.6 is 0 Å². The first-order valence-electron chi connectivity index (χ1n) is 19.0. The Kier molecular flexibility index (Phi) is 10.3. The average Bonchev–Trinajstić information content (AvgIpc) is 3.79. The van der Waals surface area contributed by atoms with Gasteiger partial charge in [-0.3, -0.25) is 42.5 Å². The fourth-order valence-corrected chi connectivity index (χ4v) is 15.7. The van der Waals surface area contributed by atoms with E-state index in [0.29, 0.717) is 41.9 Å². The zero-order valence-corrected chi connectivity index (χ0v) is 33.6. The average molecular weight is 918 g/mol. The third-order valence-electron chi connectivity index (χ3n) is 14.6. The molecule has 0 aromatic heterocycles. The smallest absolute Gasteiger partial charge is 0.748 e. The van der Waals surface area contributed by atoms with E-state index >= 15 is 0 Å². The fourth-order valence-electron chi connectivity index (χ4n) is 12.7. The van der Waals surface area contributed by atoms with Gasteiger partial charge < -0.3 is 9.11 Å². The minimum Gasteiger partial charge on any atom is -0.748 e. The molecule has 18 unspecified atom stereocenters. The van der Waals surface area contributed by atoms with Crippen LogP contribution in [0.2, 0.25) is 0 Å². The van der Waals surface area contributed by atoms with E-state index < -0.39 is 42.8 Å². The van der Waals surface area contributed by atoms with Crippen LogP contribution in [0.3, 0.4) is 0 Å². The Bertz CT molecular complexity index is 1450. The van der Waals surface area contributed by atoms with Gasteiger partial charge in [0.2, 0.25) is 0 Å². The van der Waals surface area contributed by atoms with Gasteiger partial charge in [0, 0.05) is 5.92 Å². The Morgan fingerprint density at radius 3 is 0.939 bits per heavy atom. The second kappa shape index (κ2) is 13.9. The van der Waals surface area contributed by atoms with E-state index in [-0.39, 0.29) is 82.8 Å². The maximum Gasteiger partial charge on any atom is 2.00 e. The molecule has 0 aromatic carbocycles. The summed E-state index contributed by atoms with van der Waals surface area (Å²) in [6.45, 7) is 0. The van der Waals surface area contributed by atoms with Crippen molar-refractivity contribution in [2.45, 2.75) is 150 Å². The monoisotopic (exact) mass is 918 g/mol. The first-order chi connectivity index (χ1) is 23.0. The molecule has 49 heavy (non-hydrogen) atoms. The van der Waals surface area contributed by atoms with Gasteiger partial charge in [0.1, 0.15) is 0 Å². The molecule has 274 valence electrons. The summed E-state index contributed by atoms with van der Waals surface area (Å²) >= 11 is 0. The maximum absolute atomic E-state index is 13.0. The molecule has 5 heterocycles. The minimum atomic E-state index is -5.12. The number of hydrogen-bond donors (Lipinski definition) is 8. The van der Waals surface area contributed by atoms with E-state index in [9.17, 15) is 25.9 Å². The second-order valence-corrected chi connectivity index (χ2v) is 19.9. The Morgan fingerprint density at radius 1 is 0.367 bits per heavy atom. The Morgan fingerprint density at radius 2 is 0.653 bits per heavy atom. The molecule has 4 saturated carbocycles. The van der Waals surface area contributed by atoms with Crippen molar-refractivity contribution < 1.29 is 25.9 Å². The summed E-state index contributed by atoms with van der Waals surface area (Å²) in [5.74, 6) is 1.42. The summed E-state index contributed by atoms with van der Waals surface area (Å²) in [4.78, 5) is 0. The molecule has 4 aliphatic carbocycles. The van der Waals surface area contributed by atoms with E-state index in [2.05, 4.69) is 42.5 Å². The summed E-state index contributed by atoms with van der Waals surface area (Å²) in [5.41, 5.74) is 0. The van der Waals surface area contributed by atoms with Crippen LogP contribution in [0, 0.1) is 47.3 Å². The van der Waals surface area contributed by atoms with Crippen LogP contribution in [-0.4, -0.2) is 113 Å². The summed E-state index contributed by atoms with van der Waals surface area (Å²) in [6, 6.07) is 0. The van der Waals surface area contributed by atoms with Gasteiger partial charge in [0.15, 0.2) is 0 Å². The molecule has 14 nitrogen and oxygen atoms in total. The van der Waals surface area contributed by atoms with Crippen molar-refractivity contribution in [3.05, 3.63) is 0 Å². The van der Waals surface area contributed by atoms with Crippen molar-refractivity contribution in [1.82, 2.24) is 42.5 Å². The van der Waals surface area contributed by atoms with Crippen molar-refractivity contribution >= 4 is 47.5 Å². The summed E-state index contributed by atoms with van der Waals surface area (Å²) in [5, 5.41) is 27.7. The Hall–Kier alpha value is 0.422. The molecule has 0 spiro atoms. The quantitative estimate of drug-likeness (QED) is 0.127. The number of rotatable bonds is 2. The molecule has 17 heteroatoms. The third kappa shape index (κ3) is 6.53. The zero-order valence-electron chi connectivity index (χ0n) is 28.1. The molecule has 5 aliphatic heterocycles. The van der Waals surface area contributed by atoms with Crippen molar-refractivity contribution in [3.63, 3.8) is 0 Å². The van der Waals surface area contributed by atoms with Gasteiger partial charge in [-0.25, -0.2) is 16.8 Å². The topological polar surface area (TPSA) is 211 Å². The number of nitrogens with one attached hydrogen (secondary N) is 8. The fraction of sp³-hybridized carbons (Fsp3) is 1.00. The van der Waals surface area contributed by atoms with E-state index in [1.807, 2.05) is 0 Å². The molecule has 5 saturated heterocycles. The van der Waals surface area contributed by atoms with Gasteiger partial charge in [0.05, 0.1) is 80.1 Å². The number of fused-ring (bicyclic) bond motifs is 20. The van der Waals surface area contributed by atoms with Crippen molar-refractivity contribution in [2.75, 3.05) is 0 Å². The van der Waals surface area contributed by atoms with E-state index in [1.165, 1.54) is 32.1 Å². The van der Waals surface area contributed by atoms with Crippen LogP contribution in [0.4, 0.5) is 0 Å². The normalized spacial score (nSPS) is 52.7. The summed E-state index contributed by atoms with van der Waals surface area (Å²) in [6.07, 6.45) is 13.5. The van der Waals surface area contributed by atoms with Gasteiger partial charge in [-0.15, -0.1) is 0 Å².